The molecule has 1 saturated heterocycles. The molecule has 0 aliphatic carbocycles. The topological polar surface area (TPSA) is 117 Å². The monoisotopic (exact) mass is 606 g/mol. The summed E-state index contributed by atoms with van der Waals surface area (Å²) < 4.78 is 12.3. The van der Waals surface area contributed by atoms with Crippen molar-refractivity contribution in [3.63, 3.8) is 0 Å². The highest BCUT2D eigenvalue weighted by molar-refractivity contribution is 8.01. The molecular weight excluding hydrogens is 579 g/mol. The van der Waals surface area contributed by atoms with E-state index in [0.717, 1.165) is 16.2 Å². The van der Waals surface area contributed by atoms with E-state index in [-0.39, 0.29) is 28.3 Å². The van der Waals surface area contributed by atoms with Gasteiger partial charge in [-0.2, -0.15) is 0 Å². The Kier molecular flexibility index (Phi) is 9.56. The van der Waals surface area contributed by atoms with Gasteiger partial charge in [0.1, 0.15) is 11.8 Å². The molecule has 8 nitrogen and oxygen atoms in total. The van der Waals surface area contributed by atoms with Crippen LogP contribution in [0, 0.1) is 12.3 Å². The summed E-state index contributed by atoms with van der Waals surface area (Å²) in [5, 5.41) is 23.2. The third-order valence-electron chi connectivity index (χ3n) is 5.60. The number of benzene rings is 1. The number of pyridine rings is 1. The van der Waals surface area contributed by atoms with Crippen LogP contribution in [0.2, 0.25) is 10.0 Å². The predicted molar refractivity (Wildman–Crippen MR) is 159 cm³/mol. The molecule has 4 rings (SSSR count). The number of hydrogen-bond acceptors (Lipinski definition) is 9. The Morgan fingerprint density at radius 3 is 2.64 bits per heavy atom. The van der Waals surface area contributed by atoms with Gasteiger partial charge in [0, 0.05) is 40.3 Å². The Morgan fingerprint density at radius 1 is 1.26 bits per heavy atom. The first kappa shape index (κ1) is 29.4. The summed E-state index contributed by atoms with van der Waals surface area (Å²) in [6, 6.07) is 8.67. The number of thioether (sulfide) groups is 1. The number of halogens is 2. The zero-order valence-corrected chi connectivity index (χ0v) is 24.9. The third kappa shape index (κ3) is 7.32. The Bertz CT molecular complexity index is 1440. The van der Waals surface area contributed by atoms with E-state index in [0.29, 0.717) is 51.2 Å². The van der Waals surface area contributed by atoms with Gasteiger partial charge in [0.15, 0.2) is 5.13 Å². The van der Waals surface area contributed by atoms with E-state index in [4.69, 9.17) is 43.1 Å². The molecule has 3 heterocycles. The van der Waals surface area contributed by atoms with Crippen LogP contribution in [0.25, 0.3) is 16.8 Å². The summed E-state index contributed by atoms with van der Waals surface area (Å²) in [5.74, 6) is -0.863. The predicted octanol–water partition coefficient (Wildman–Crippen LogP) is 7.44. The molecule has 206 valence electrons. The largest absolute Gasteiger partial charge is 0.477 e. The third-order valence-corrected chi connectivity index (χ3v) is 8.52. The van der Waals surface area contributed by atoms with Gasteiger partial charge in [0.25, 0.3) is 0 Å². The first-order valence-electron chi connectivity index (χ1n) is 12.2. The Labute approximate surface area is 245 Å². The lowest BCUT2D eigenvalue weighted by Gasteiger charge is -2.16. The minimum atomic E-state index is -1.22. The van der Waals surface area contributed by atoms with E-state index in [2.05, 4.69) is 24.1 Å². The molecule has 0 amide bonds. The fourth-order valence-electron chi connectivity index (χ4n) is 3.98. The van der Waals surface area contributed by atoms with Crippen molar-refractivity contribution >= 4 is 68.7 Å². The standard InChI is InChI=1S/C27H28Cl2N4O4S2/c1-13(2)38-26-23(16-5-6-19(28)20(29)10-16)32-27(39-26)33-24(25(34)35)22(15(4)30)17-9-14(3)31-21(11-17)37-18-7-8-36-12-18/h5-6,9-11,13,18,30H,7-8,12H2,1-4H3,(H,32,33)(H,34,35)/b24-22+,30-15?/t18-/m1/s1. The molecule has 0 radical (unpaired) electrons. The second-order valence-corrected chi connectivity index (χ2v) is 12.9. The SMILES string of the molecule is CC(=N)/C(=C(\Nc1nc(-c2ccc(Cl)c(Cl)c2)c(SC(C)C)s1)C(=O)O)c1cc(C)nc(O[C@@H]2CCOC2)c1. The van der Waals surface area contributed by atoms with Crippen LogP contribution in [-0.4, -0.2) is 51.3 Å². The van der Waals surface area contributed by atoms with Crippen LogP contribution in [0.5, 0.6) is 5.88 Å². The van der Waals surface area contributed by atoms with Crippen molar-refractivity contribution in [2.24, 2.45) is 0 Å². The van der Waals surface area contributed by atoms with Gasteiger partial charge in [-0.25, -0.2) is 14.8 Å². The zero-order chi connectivity index (χ0) is 28.3. The molecule has 3 N–H and O–H groups in total. The van der Waals surface area contributed by atoms with Crippen LogP contribution in [0.3, 0.4) is 0 Å². The smallest absolute Gasteiger partial charge is 0.353 e. The van der Waals surface area contributed by atoms with Crippen LogP contribution in [-0.2, 0) is 9.53 Å². The number of aromatic nitrogens is 2. The second kappa shape index (κ2) is 12.7. The summed E-state index contributed by atoms with van der Waals surface area (Å²) in [5.41, 5.74) is 2.70. The molecule has 1 aliphatic rings. The van der Waals surface area contributed by atoms with E-state index >= 15 is 0 Å². The average Bonchev–Trinajstić information content (AvgIpc) is 3.49. The van der Waals surface area contributed by atoms with Gasteiger partial charge >= 0.3 is 5.97 Å². The van der Waals surface area contributed by atoms with Crippen molar-refractivity contribution in [2.45, 2.75) is 49.7 Å². The van der Waals surface area contributed by atoms with Gasteiger partial charge in [-0.1, -0.05) is 54.5 Å². The minimum Gasteiger partial charge on any atom is -0.477 e. The fourth-order valence-corrected chi connectivity index (χ4v) is 6.71. The maximum Gasteiger partial charge on any atom is 0.353 e. The molecule has 3 aromatic rings. The lowest BCUT2D eigenvalue weighted by Crippen LogP contribution is -2.18. The number of aliphatic carboxylic acids is 1. The zero-order valence-electron chi connectivity index (χ0n) is 21.8. The normalized spacial score (nSPS) is 15.8. The van der Waals surface area contributed by atoms with Crippen LogP contribution in [0.4, 0.5) is 5.13 Å². The van der Waals surface area contributed by atoms with Crippen molar-refractivity contribution in [2.75, 3.05) is 18.5 Å². The molecule has 1 fully saturated rings. The average molecular weight is 608 g/mol. The van der Waals surface area contributed by atoms with Crippen molar-refractivity contribution in [3.05, 3.63) is 57.3 Å². The summed E-state index contributed by atoms with van der Waals surface area (Å²) in [4.78, 5) is 21.7. The molecule has 1 aromatic carbocycles. The van der Waals surface area contributed by atoms with E-state index in [9.17, 15) is 9.90 Å². The number of hydrogen-bond donors (Lipinski definition) is 3. The minimum absolute atomic E-state index is 0.0682. The number of anilines is 1. The number of nitrogens with one attached hydrogen (secondary N) is 2. The molecule has 0 saturated carbocycles. The highest BCUT2D eigenvalue weighted by atomic mass is 35.5. The number of aryl methyl sites for hydroxylation is 1. The van der Waals surface area contributed by atoms with Gasteiger partial charge in [0.2, 0.25) is 5.88 Å². The maximum absolute atomic E-state index is 12.6. The molecule has 2 aromatic heterocycles. The van der Waals surface area contributed by atoms with Gasteiger partial charge < -0.3 is 25.3 Å². The maximum atomic E-state index is 12.6. The molecule has 1 atom stereocenters. The highest BCUT2D eigenvalue weighted by Crippen LogP contribution is 2.42. The first-order valence-corrected chi connectivity index (χ1v) is 14.6. The Balaban J connectivity index is 1.77. The molecule has 0 spiro atoms. The molecule has 0 bridgehead atoms. The summed E-state index contributed by atoms with van der Waals surface area (Å²) in [7, 11) is 0. The Morgan fingerprint density at radius 2 is 2.03 bits per heavy atom. The summed E-state index contributed by atoms with van der Waals surface area (Å²) in [6.07, 6.45) is 0.630. The molecule has 12 heteroatoms. The van der Waals surface area contributed by atoms with Crippen molar-refractivity contribution in [3.8, 4) is 17.1 Å². The van der Waals surface area contributed by atoms with Crippen LogP contribution in [0.1, 0.15) is 38.4 Å². The van der Waals surface area contributed by atoms with Gasteiger partial charge in [0.05, 0.1) is 33.2 Å². The molecule has 39 heavy (non-hydrogen) atoms. The number of ether oxygens (including phenoxy) is 2. The van der Waals surface area contributed by atoms with E-state index in [1.54, 1.807) is 49.9 Å². The number of nitrogens with zero attached hydrogens (tertiary/aromatic N) is 2. The molecule has 1 aliphatic heterocycles. The highest BCUT2D eigenvalue weighted by Gasteiger charge is 2.24. The van der Waals surface area contributed by atoms with Gasteiger partial charge in [-0.05, 0) is 37.6 Å². The van der Waals surface area contributed by atoms with E-state index in [1.165, 1.54) is 11.3 Å². The van der Waals surface area contributed by atoms with Crippen LogP contribution in [0.15, 0.2) is 40.2 Å². The lowest BCUT2D eigenvalue weighted by atomic mass is 9.99. The number of thiazole rings is 1. The van der Waals surface area contributed by atoms with Crippen molar-refractivity contribution < 1.29 is 19.4 Å². The number of carbonyl (C=O) groups is 1. The van der Waals surface area contributed by atoms with E-state index in [1.807, 2.05) is 6.07 Å². The van der Waals surface area contributed by atoms with Gasteiger partial charge in [-0.3, -0.25) is 0 Å². The van der Waals surface area contributed by atoms with Crippen LogP contribution >= 0.6 is 46.3 Å². The number of carboxylic acids is 1. The number of carboxylic acid groups (broad SMARTS) is 1. The second-order valence-electron chi connectivity index (χ2n) is 9.19. The van der Waals surface area contributed by atoms with Crippen LogP contribution < -0.4 is 10.1 Å². The Hall–Kier alpha value is -2.63. The number of allylic oxidation sites excluding steroid dienone is 1. The molecule has 0 unspecified atom stereocenters. The van der Waals surface area contributed by atoms with E-state index < -0.39 is 5.97 Å². The van der Waals surface area contributed by atoms with Crippen molar-refractivity contribution in [1.82, 2.24) is 9.97 Å². The lowest BCUT2D eigenvalue weighted by molar-refractivity contribution is -0.132. The number of rotatable bonds is 10. The fraction of sp³-hybridized carbons (Fsp3) is 0.333. The summed E-state index contributed by atoms with van der Waals surface area (Å²) in [6.45, 7) is 8.57. The molecular formula is C27H28Cl2N4O4S2. The summed E-state index contributed by atoms with van der Waals surface area (Å²) >= 11 is 15.3. The first-order chi connectivity index (χ1) is 18.5. The quantitative estimate of drug-likeness (QED) is 0.124. The van der Waals surface area contributed by atoms with Crippen molar-refractivity contribution in [1.29, 1.82) is 5.41 Å². The van der Waals surface area contributed by atoms with Gasteiger partial charge in [-0.15, -0.1) is 11.8 Å².